The van der Waals surface area contributed by atoms with E-state index in [1.807, 2.05) is 0 Å². The van der Waals surface area contributed by atoms with Crippen LogP contribution in [0.2, 0.25) is 0 Å². The monoisotopic (exact) mass is 134 g/mol. The van der Waals surface area contributed by atoms with Gasteiger partial charge in [-0.05, 0) is 25.7 Å². The molecule has 0 amide bonds. The summed E-state index contributed by atoms with van der Waals surface area (Å²) in [6.07, 6.45) is 11.2. The summed E-state index contributed by atoms with van der Waals surface area (Å²) in [6.45, 7) is 5.96. The molecule has 10 heavy (non-hydrogen) atoms. The summed E-state index contributed by atoms with van der Waals surface area (Å²) in [4.78, 5) is 0. The average Bonchev–Trinajstić information content (AvgIpc) is 1.88. The molecular weight excluding hydrogens is 120 g/mol. The van der Waals surface area contributed by atoms with Crippen LogP contribution in [-0.2, 0) is 0 Å². The van der Waals surface area contributed by atoms with E-state index in [2.05, 4.69) is 37.8 Å². The molecule has 0 radical (unpaired) electrons. The van der Waals surface area contributed by atoms with Gasteiger partial charge < -0.3 is 0 Å². The van der Waals surface area contributed by atoms with Crippen LogP contribution in [0.3, 0.4) is 0 Å². The lowest BCUT2D eigenvalue weighted by molar-refractivity contribution is 0.782. The van der Waals surface area contributed by atoms with E-state index in [1.165, 1.54) is 5.57 Å². The van der Waals surface area contributed by atoms with Gasteiger partial charge in [-0.3, -0.25) is 0 Å². The van der Waals surface area contributed by atoms with Gasteiger partial charge >= 0.3 is 0 Å². The van der Waals surface area contributed by atoms with E-state index in [0.29, 0.717) is 5.92 Å². The van der Waals surface area contributed by atoms with E-state index in [-0.39, 0.29) is 0 Å². The Morgan fingerprint density at radius 1 is 1.50 bits per heavy atom. The lowest BCUT2D eigenvalue weighted by Gasteiger charge is -2.09. The van der Waals surface area contributed by atoms with Crippen LogP contribution >= 0.6 is 0 Å². The number of allylic oxidation sites excluding steroid dienone is 5. The van der Waals surface area contributed by atoms with Crippen LogP contribution < -0.4 is 0 Å². The van der Waals surface area contributed by atoms with Gasteiger partial charge in [-0.2, -0.15) is 0 Å². The normalized spacial score (nSPS) is 17.7. The third kappa shape index (κ3) is 2.22. The van der Waals surface area contributed by atoms with E-state index >= 15 is 0 Å². The van der Waals surface area contributed by atoms with Crippen molar-refractivity contribution in [2.24, 2.45) is 5.92 Å². The van der Waals surface area contributed by atoms with Crippen LogP contribution in [0.5, 0.6) is 0 Å². The second-order valence-corrected chi connectivity index (χ2v) is 2.92. The molecule has 0 fully saturated rings. The van der Waals surface area contributed by atoms with Gasteiger partial charge in [0.15, 0.2) is 0 Å². The van der Waals surface area contributed by atoms with Crippen molar-refractivity contribution in [1.82, 2.24) is 0 Å². The van der Waals surface area contributed by atoms with E-state index < -0.39 is 0 Å². The van der Waals surface area contributed by atoms with Crippen molar-refractivity contribution in [2.45, 2.75) is 19.8 Å². The summed E-state index contributed by atoms with van der Waals surface area (Å²) in [5.74, 6) is 0.617. The van der Waals surface area contributed by atoms with Crippen LogP contribution in [0.25, 0.3) is 0 Å². The molecule has 0 aromatic carbocycles. The zero-order valence-electron chi connectivity index (χ0n) is 6.51. The summed E-state index contributed by atoms with van der Waals surface area (Å²) in [5.41, 5.74) is 1.27. The van der Waals surface area contributed by atoms with E-state index in [4.69, 9.17) is 0 Å². The average molecular weight is 134 g/mol. The van der Waals surface area contributed by atoms with Crippen molar-refractivity contribution >= 4 is 0 Å². The molecule has 0 heterocycles. The van der Waals surface area contributed by atoms with Gasteiger partial charge in [-0.15, -0.1) is 6.58 Å². The first kappa shape index (κ1) is 7.33. The second kappa shape index (κ2) is 3.40. The van der Waals surface area contributed by atoms with Crippen molar-refractivity contribution in [2.75, 3.05) is 0 Å². The predicted molar refractivity (Wildman–Crippen MR) is 45.8 cm³/mol. The van der Waals surface area contributed by atoms with Crippen molar-refractivity contribution < 1.29 is 0 Å². The smallest absolute Gasteiger partial charge is 0.00163 e. The van der Waals surface area contributed by atoms with Crippen LogP contribution in [0.1, 0.15) is 19.8 Å². The molecule has 0 aliphatic heterocycles. The Bertz CT molecular complexity index is 160. The third-order valence-electron chi connectivity index (χ3n) is 1.62. The molecule has 0 aromatic rings. The highest BCUT2D eigenvalue weighted by molar-refractivity contribution is 5.12. The van der Waals surface area contributed by atoms with Crippen LogP contribution in [-0.4, -0.2) is 0 Å². The fourth-order valence-corrected chi connectivity index (χ4v) is 1.19. The minimum atomic E-state index is 0.617. The molecule has 1 rings (SSSR count). The minimum Gasteiger partial charge on any atom is -0.100 e. The molecule has 0 atom stereocenters. The molecule has 0 bridgehead atoms. The van der Waals surface area contributed by atoms with Gasteiger partial charge in [-0.25, -0.2) is 0 Å². The van der Waals surface area contributed by atoms with Gasteiger partial charge in [0.25, 0.3) is 0 Å². The Labute approximate surface area is 62.9 Å². The summed E-state index contributed by atoms with van der Waals surface area (Å²) < 4.78 is 0. The Morgan fingerprint density at radius 2 is 2.10 bits per heavy atom. The van der Waals surface area contributed by atoms with Crippen molar-refractivity contribution in [1.29, 1.82) is 0 Å². The Kier molecular flexibility index (Phi) is 2.49. The maximum Gasteiger partial charge on any atom is -0.00163 e. The quantitative estimate of drug-likeness (QED) is 0.509. The van der Waals surface area contributed by atoms with E-state index in [0.717, 1.165) is 12.8 Å². The first-order valence-corrected chi connectivity index (χ1v) is 3.77. The number of rotatable bonds is 2. The fourth-order valence-electron chi connectivity index (χ4n) is 1.19. The lowest BCUT2D eigenvalue weighted by Crippen LogP contribution is -1.94. The predicted octanol–water partition coefficient (Wildman–Crippen LogP) is 3.08. The van der Waals surface area contributed by atoms with Gasteiger partial charge in [0.05, 0.1) is 0 Å². The van der Waals surface area contributed by atoms with E-state index in [1.54, 1.807) is 0 Å². The third-order valence-corrected chi connectivity index (χ3v) is 1.62. The highest BCUT2D eigenvalue weighted by Crippen LogP contribution is 2.16. The minimum absolute atomic E-state index is 0.617. The SMILES string of the molecule is C=C(C)CC1C=CCC=C1. The van der Waals surface area contributed by atoms with Gasteiger partial charge in [0, 0.05) is 0 Å². The van der Waals surface area contributed by atoms with Gasteiger partial charge in [0.1, 0.15) is 0 Å². The standard InChI is InChI=1S/C10H14/c1-9(2)8-10-6-4-3-5-7-10/h4-7,10H,1,3,8H2,2H3. The highest BCUT2D eigenvalue weighted by atomic mass is 14.1. The second-order valence-electron chi connectivity index (χ2n) is 2.92. The van der Waals surface area contributed by atoms with Crippen LogP contribution in [0.4, 0.5) is 0 Å². The Morgan fingerprint density at radius 3 is 2.60 bits per heavy atom. The first-order valence-electron chi connectivity index (χ1n) is 3.77. The molecule has 0 heteroatoms. The Balaban J connectivity index is 2.40. The zero-order valence-corrected chi connectivity index (χ0v) is 6.51. The highest BCUT2D eigenvalue weighted by Gasteiger charge is 2.01. The molecule has 0 saturated carbocycles. The Hall–Kier alpha value is -0.780. The lowest BCUT2D eigenvalue weighted by atomic mass is 9.97. The van der Waals surface area contributed by atoms with Crippen molar-refractivity contribution in [3.63, 3.8) is 0 Å². The topological polar surface area (TPSA) is 0 Å². The van der Waals surface area contributed by atoms with Gasteiger partial charge in [-0.1, -0.05) is 29.9 Å². The van der Waals surface area contributed by atoms with E-state index in [9.17, 15) is 0 Å². The molecule has 0 aromatic heterocycles. The number of hydrogen-bond donors (Lipinski definition) is 0. The molecular formula is C10H14. The van der Waals surface area contributed by atoms with Gasteiger partial charge in [0.2, 0.25) is 0 Å². The molecule has 0 nitrogen and oxygen atoms in total. The molecule has 1 aliphatic rings. The molecule has 0 unspecified atom stereocenters. The molecule has 0 N–H and O–H groups in total. The zero-order chi connectivity index (χ0) is 7.40. The molecule has 0 saturated heterocycles. The first-order chi connectivity index (χ1) is 4.79. The van der Waals surface area contributed by atoms with Crippen LogP contribution in [0.15, 0.2) is 36.5 Å². The summed E-state index contributed by atoms with van der Waals surface area (Å²) >= 11 is 0. The maximum atomic E-state index is 3.88. The van der Waals surface area contributed by atoms with Crippen LogP contribution in [0, 0.1) is 5.92 Å². The molecule has 1 aliphatic carbocycles. The summed E-state index contributed by atoms with van der Waals surface area (Å²) in [5, 5.41) is 0. The van der Waals surface area contributed by atoms with Crippen molar-refractivity contribution in [3.05, 3.63) is 36.5 Å². The fraction of sp³-hybridized carbons (Fsp3) is 0.400. The number of hydrogen-bond acceptors (Lipinski definition) is 0. The maximum absolute atomic E-state index is 3.88. The summed E-state index contributed by atoms with van der Waals surface area (Å²) in [7, 11) is 0. The van der Waals surface area contributed by atoms with Crippen molar-refractivity contribution in [3.8, 4) is 0 Å². The molecule has 0 spiro atoms. The molecule has 54 valence electrons. The largest absolute Gasteiger partial charge is 0.100 e. The summed E-state index contributed by atoms with van der Waals surface area (Å²) in [6, 6.07) is 0.